The molecule has 2 aliphatic heterocycles. The quantitative estimate of drug-likeness (QED) is 0.908. The monoisotopic (exact) mass is 321 g/mol. The third-order valence-corrected chi connectivity index (χ3v) is 3.94. The molecule has 0 spiro atoms. The number of halogens is 1. The number of morpholine rings is 1. The Kier molecular flexibility index (Phi) is 4.76. The van der Waals surface area contributed by atoms with Gasteiger partial charge in [-0.2, -0.15) is 0 Å². The minimum absolute atomic E-state index is 0.108. The van der Waals surface area contributed by atoms with Gasteiger partial charge in [0, 0.05) is 32.0 Å². The molecule has 1 saturated heterocycles. The molecule has 1 aromatic carbocycles. The molecule has 2 aliphatic rings. The fourth-order valence-corrected chi connectivity index (χ4v) is 2.71. The molecule has 1 N–H and O–H groups in total. The number of ether oxygens (including phenoxy) is 1. The molecule has 124 valence electrons. The second-order valence-electron chi connectivity index (χ2n) is 5.67. The van der Waals surface area contributed by atoms with Crippen LogP contribution < -0.4 is 10.2 Å². The lowest BCUT2D eigenvalue weighted by atomic mass is 10.0. The molecule has 0 aromatic heterocycles. The zero-order valence-corrected chi connectivity index (χ0v) is 13.0. The SMILES string of the molecule is CC(=O)NC[C@@H]1CC(c2ccc(N3CCOCC3)c(F)c2)=NO1. The normalized spacial score (nSPS) is 20.9. The number of hydrogen-bond acceptors (Lipinski definition) is 5. The summed E-state index contributed by atoms with van der Waals surface area (Å²) in [4.78, 5) is 18.2. The van der Waals surface area contributed by atoms with Crippen molar-refractivity contribution < 1.29 is 18.8 Å². The van der Waals surface area contributed by atoms with E-state index in [-0.39, 0.29) is 17.8 Å². The van der Waals surface area contributed by atoms with Crippen molar-refractivity contribution in [2.75, 3.05) is 37.7 Å². The van der Waals surface area contributed by atoms with Gasteiger partial charge in [-0.15, -0.1) is 0 Å². The fourth-order valence-electron chi connectivity index (χ4n) is 2.71. The number of rotatable bonds is 4. The average molecular weight is 321 g/mol. The molecule has 3 rings (SSSR count). The first-order valence-electron chi connectivity index (χ1n) is 7.73. The van der Waals surface area contributed by atoms with Gasteiger partial charge in [0.1, 0.15) is 11.9 Å². The maximum absolute atomic E-state index is 14.4. The van der Waals surface area contributed by atoms with E-state index in [4.69, 9.17) is 9.57 Å². The van der Waals surface area contributed by atoms with E-state index < -0.39 is 0 Å². The number of carbonyl (C=O) groups excluding carboxylic acids is 1. The van der Waals surface area contributed by atoms with Crippen molar-refractivity contribution in [3.8, 4) is 0 Å². The molecule has 23 heavy (non-hydrogen) atoms. The fraction of sp³-hybridized carbons (Fsp3) is 0.500. The van der Waals surface area contributed by atoms with Crippen LogP contribution in [0.2, 0.25) is 0 Å². The largest absolute Gasteiger partial charge is 0.390 e. The Morgan fingerprint density at radius 3 is 2.91 bits per heavy atom. The first kappa shape index (κ1) is 15.7. The van der Waals surface area contributed by atoms with Crippen LogP contribution in [0.3, 0.4) is 0 Å². The third-order valence-electron chi connectivity index (χ3n) is 3.94. The van der Waals surface area contributed by atoms with E-state index in [2.05, 4.69) is 10.5 Å². The van der Waals surface area contributed by atoms with E-state index in [1.165, 1.54) is 13.0 Å². The van der Waals surface area contributed by atoms with Crippen molar-refractivity contribution in [1.82, 2.24) is 5.32 Å². The van der Waals surface area contributed by atoms with E-state index in [0.29, 0.717) is 56.2 Å². The topological polar surface area (TPSA) is 63.2 Å². The second-order valence-corrected chi connectivity index (χ2v) is 5.67. The summed E-state index contributed by atoms with van der Waals surface area (Å²) >= 11 is 0. The predicted molar refractivity (Wildman–Crippen MR) is 84.1 cm³/mol. The van der Waals surface area contributed by atoms with Crippen LogP contribution in [0.4, 0.5) is 10.1 Å². The summed E-state index contributed by atoms with van der Waals surface area (Å²) in [5.74, 6) is -0.375. The molecule has 0 bridgehead atoms. The standard InChI is InChI=1S/C16H20FN3O3/c1-11(21)18-10-13-9-15(19-23-13)12-2-3-16(14(17)8-12)20-4-6-22-7-5-20/h2-3,8,13H,4-7,9-10H2,1H3,(H,18,21)/t13-/m0/s1. The van der Waals surface area contributed by atoms with Crippen LogP contribution in [0.1, 0.15) is 18.9 Å². The molecule has 0 radical (unpaired) electrons. The highest BCUT2D eigenvalue weighted by Gasteiger charge is 2.23. The van der Waals surface area contributed by atoms with E-state index in [1.54, 1.807) is 6.07 Å². The highest BCUT2D eigenvalue weighted by Crippen LogP contribution is 2.24. The van der Waals surface area contributed by atoms with Gasteiger partial charge < -0.3 is 19.8 Å². The Hall–Kier alpha value is -2.15. The van der Waals surface area contributed by atoms with Gasteiger partial charge in [-0.05, 0) is 12.1 Å². The zero-order chi connectivity index (χ0) is 16.2. The van der Waals surface area contributed by atoms with Gasteiger partial charge in [-0.1, -0.05) is 11.2 Å². The van der Waals surface area contributed by atoms with Crippen molar-refractivity contribution in [2.45, 2.75) is 19.4 Å². The lowest BCUT2D eigenvalue weighted by molar-refractivity contribution is -0.119. The number of oxime groups is 1. The number of benzene rings is 1. The second kappa shape index (κ2) is 6.95. The van der Waals surface area contributed by atoms with Gasteiger partial charge in [-0.3, -0.25) is 4.79 Å². The Morgan fingerprint density at radius 2 is 2.22 bits per heavy atom. The Bertz CT molecular complexity index is 615. The number of carbonyl (C=O) groups is 1. The molecule has 1 amide bonds. The minimum atomic E-state index is -0.266. The van der Waals surface area contributed by atoms with Crippen molar-refractivity contribution in [1.29, 1.82) is 0 Å². The molecule has 2 heterocycles. The Morgan fingerprint density at radius 1 is 1.43 bits per heavy atom. The van der Waals surface area contributed by atoms with E-state index >= 15 is 0 Å². The summed E-state index contributed by atoms with van der Waals surface area (Å²) in [5.41, 5.74) is 2.00. The number of nitrogens with one attached hydrogen (secondary N) is 1. The van der Waals surface area contributed by atoms with E-state index in [1.807, 2.05) is 11.0 Å². The smallest absolute Gasteiger partial charge is 0.217 e. The van der Waals surface area contributed by atoms with Crippen molar-refractivity contribution in [3.63, 3.8) is 0 Å². The summed E-state index contributed by atoms with van der Waals surface area (Å²) in [6, 6.07) is 5.13. The number of anilines is 1. The molecule has 1 aromatic rings. The molecule has 1 atom stereocenters. The van der Waals surface area contributed by atoms with Crippen LogP contribution >= 0.6 is 0 Å². The molecule has 1 fully saturated rings. The molecule has 0 saturated carbocycles. The first-order chi connectivity index (χ1) is 11.1. The van der Waals surface area contributed by atoms with Crippen LogP contribution in [-0.2, 0) is 14.4 Å². The van der Waals surface area contributed by atoms with Gasteiger partial charge in [0.05, 0.1) is 31.2 Å². The summed E-state index contributed by atoms with van der Waals surface area (Å²) in [6.45, 7) is 4.48. The summed E-state index contributed by atoms with van der Waals surface area (Å²) in [6.07, 6.45) is 0.354. The van der Waals surface area contributed by atoms with Crippen LogP contribution in [0.25, 0.3) is 0 Å². The van der Waals surface area contributed by atoms with E-state index in [9.17, 15) is 9.18 Å². The zero-order valence-electron chi connectivity index (χ0n) is 13.0. The highest BCUT2D eigenvalue weighted by atomic mass is 19.1. The van der Waals surface area contributed by atoms with Crippen LogP contribution in [0.5, 0.6) is 0 Å². The van der Waals surface area contributed by atoms with Gasteiger partial charge in [0.2, 0.25) is 5.91 Å². The number of hydrogen-bond donors (Lipinski definition) is 1. The first-order valence-corrected chi connectivity index (χ1v) is 7.73. The molecular formula is C16H20FN3O3. The van der Waals surface area contributed by atoms with Crippen molar-refractivity contribution >= 4 is 17.3 Å². The summed E-state index contributed by atoms with van der Waals surface area (Å²) < 4.78 is 19.7. The van der Waals surface area contributed by atoms with Crippen molar-refractivity contribution in [2.24, 2.45) is 5.16 Å². The van der Waals surface area contributed by atoms with Crippen molar-refractivity contribution in [3.05, 3.63) is 29.6 Å². The van der Waals surface area contributed by atoms with Gasteiger partial charge in [0.25, 0.3) is 0 Å². The van der Waals surface area contributed by atoms with Gasteiger partial charge >= 0.3 is 0 Å². The number of amides is 1. The lowest BCUT2D eigenvalue weighted by Gasteiger charge is -2.29. The van der Waals surface area contributed by atoms with Gasteiger partial charge in [0.15, 0.2) is 0 Å². The highest BCUT2D eigenvalue weighted by molar-refractivity contribution is 6.01. The Labute approximate surface area is 134 Å². The van der Waals surface area contributed by atoms with Crippen LogP contribution in [-0.4, -0.2) is 50.6 Å². The predicted octanol–water partition coefficient (Wildman–Crippen LogP) is 1.29. The third kappa shape index (κ3) is 3.79. The maximum Gasteiger partial charge on any atom is 0.217 e. The van der Waals surface area contributed by atoms with E-state index in [0.717, 1.165) is 0 Å². The summed E-state index contributed by atoms with van der Waals surface area (Å²) in [5, 5.41) is 6.71. The lowest BCUT2D eigenvalue weighted by Crippen LogP contribution is -2.36. The molecular weight excluding hydrogens is 301 g/mol. The molecule has 0 aliphatic carbocycles. The summed E-state index contributed by atoms with van der Waals surface area (Å²) in [7, 11) is 0. The average Bonchev–Trinajstić information content (AvgIpc) is 3.02. The molecule has 0 unspecified atom stereocenters. The Balaban J connectivity index is 1.65. The maximum atomic E-state index is 14.4. The number of nitrogens with zero attached hydrogens (tertiary/aromatic N) is 2. The van der Waals surface area contributed by atoms with Gasteiger partial charge in [-0.25, -0.2) is 4.39 Å². The molecule has 6 nitrogen and oxygen atoms in total. The molecule has 7 heteroatoms. The minimum Gasteiger partial charge on any atom is -0.390 e. The van der Waals surface area contributed by atoms with Crippen LogP contribution in [0.15, 0.2) is 23.4 Å². The van der Waals surface area contributed by atoms with Crippen LogP contribution in [0, 0.1) is 5.82 Å².